The molecule has 18 heteroatoms. The van der Waals surface area contributed by atoms with E-state index in [4.69, 9.17) is 16.3 Å². The number of likely N-dealkylation sites (tertiary alicyclic amines) is 1. The number of anilines is 1. The Morgan fingerprint density at radius 3 is 2.43 bits per heavy atom. The number of aryl methyl sites for hydroxylation is 1. The first-order valence-electron chi connectivity index (χ1n) is 19.2. The van der Waals surface area contributed by atoms with Crippen molar-refractivity contribution in [2.75, 3.05) is 51.8 Å². The molecule has 1 aromatic heterocycles. The van der Waals surface area contributed by atoms with Gasteiger partial charge in [-0.2, -0.15) is 13.2 Å². The van der Waals surface area contributed by atoms with Gasteiger partial charge in [0.25, 0.3) is 11.5 Å². The van der Waals surface area contributed by atoms with E-state index in [1.54, 1.807) is 34.0 Å². The predicted molar refractivity (Wildman–Crippen MR) is 210 cm³/mol. The molecule has 1 atom stereocenters. The molecule has 2 fully saturated rings. The molecule has 4 aliphatic heterocycles. The van der Waals surface area contributed by atoms with Crippen molar-refractivity contribution in [3.05, 3.63) is 92.7 Å². The second-order valence-corrected chi connectivity index (χ2v) is 16.0. The van der Waals surface area contributed by atoms with E-state index >= 15 is 0 Å². The summed E-state index contributed by atoms with van der Waals surface area (Å²) in [6.07, 6.45) is 5.35. The summed E-state index contributed by atoms with van der Waals surface area (Å²) in [4.78, 5) is 70.0. The molecule has 1 unspecified atom stereocenters. The van der Waals surface area contributed by atoms with Gasteiger partial charge in [0.1, 0.15) is 24.5 Å². The van der Waals surface area contributed by atoms with Crippen molar-refractivity contribution in [3.8, 4) is 0 Å². The Bertz CT molecular complexity index is 2150. The van der Waals surface area contributed by atoms with Crippen molar-refractivity contribution in [2.45, 2.75) is 77.1 Å². The number of nitrogens with zero attached hydrogens (tertiary/aromatic N) is 6. The van der Waals surface area contributed by atoms with Crippen LogP contribution in [0, 0.1) is 5.41 Å². The van der Waals surface area contributed by atoms with Gasteiger partial charge in [-0.15, -0.1) is 0 Å². The summed E-state index contributed by atoms with van der Waals surface area (Å²) in [7, 11) is 1.70. The zero-order valence-corrected chi connectivity index (χ0v) is 33.6. The molecule has 3 N–H and O–H groups in total. The van der Waals surface area contributed by atoms with Gasteiger partial charge in [0.05, 0.1) is 40.6 Å². The second-order valence-electron chi connectivity index (χ2n) is 15.6. The zero-order valence-electron chi connectivity index (χ0n) is 32.9. The third kappa shape index (κ3) is 8.94. The van der Waals surface area contributed by atoms with Gasteiger partial charge in [-0.05, 0) is 75.0 Å². The lowest BCUT2D eigenvalue weighted by molar-refractivity contribution is -0.168. The molecule has 4 aliphatic rings. The van der Waals surface area contributed by atoms with Crippen molar-refractivity contribution < 1.29 is 37.4 Å². The normalized spacial score (nSPS) is 20.3. The number of allylic oxidation sites excluding steroid dienone is 2. The Labute approximate surface area is 338 Å². The number of amides is 3. The van der Waals surface area contributed by atoms with Crippen LogP contribution >= 0.6 is 11.6 Å². The van der Waals surface area contributed by atoms with Crippen LogP contribution in [-0.4, -0.2) is 110 Å². The standard InChI is InChI=1S/C40H48ClF3N8O6/c1-5-28-32(38(2)13-18-50(19-14-38)36(56)33-30(53)9-7-15-49(33)4)35(55)52(21-31(54)47-29-11-10-26(20-27(29)41)40(42,43)44)48-34(46-24-45-28)25-8-6-16-51(17-12-25)37(57)39(3)22-58-23-39/h7-11,15,20,24,33,53H,5-6,12-14,16-19,21-23H2,1-4H3,(H,47,54)(H,45,46,48). The minimum absolute atomic E-state index is 0.00647. The molecular formula is C40H48ClF3N8O6. The largest absolute Gasteiger partial charge is 0.510 e. The smallest absolute Gasteiger partial charge is 0.416 e. The number of hydrogen-bond donors (Lipinski definition) is 3. The average Bonchev–Trinajstić information content (AvgIpc) is 3.38. The van der Waals surface area contributed by atoms with Crippen LogP contribution in [0.3, 0.4) is 0 Å². The molecule has 0 bridgehead atoms. The van der Waals surface area contributed by atoms with Gasteiger partial charge in [0.2, 0.25) is 11.8 Å². The third-order valence-electron chi connectivity index (χ3n) is 11.3. The average molecular weight is 829 g/mol. The summed E-state index contributed by atoms with van der Waals surface area (Å²) in [6, 6.07) is 1.68. The highest BCUT2D eigenvalue weighted by molar-refractivity contribution is 6.33. The summed E-state index contributed by atoms with van der Waals surface area (Å²) in [5.74, 6) is -0.887. The topological polar surface area (TPSA) is 166 Å². The minimum Gasteiger partial charge on any atom is -0.510 e. The number of piperidine rings is 1. The van der Waals surface area contributed by atoms with E-state index < -0.39 is 46.6 Å². The first-order valence-corrected chi connectivity index (χ1v) is 19.6. The van der Waals surface area contributed by atoms with Crippen molar-refractivity contribution >= 4 is 40.6 Å². The number of aliphatic hydroxyl groups excluding tert-OH is 1. The first kappa shape index (κ1) is 42.4. The molecule has 58 heavy (non-hydrogen) atoms. The number of nitrogens with one attached hydrogen (secondary N) is 2. The van der Waals surface area contributed by atoms with E-state index in [2.05, 4.69) is 20.4 Å². The second kappa shape index (κ2) is 17.0. The molecule has 312 valence electrons. The molecule has 6 rings (SSSR count). The van der Waals surface area contributed by atoms with E-state index in [0.29, 0.717) is 81.3 Å². The first-order chi connectivity index (χ1) is 27.4. The maximum atomic E-state index is 15.0. The van der Waals surface area contributed by atoms with Gasteiger partial charge in [-0.3, -0.25) is 24.3 Å². The van der Waals surface area contributed by atoms with Gasteiger partial charge in [0, 0.05) is 50.4 Å². The van der Waals surface area contributed by atoms with Crippen LogP contribution in [0.2, 0.25) is 5.02 Å². The Kier molecular flexibility index (Phi) is 12.4. The fourth-order valence-electron chi connectivity index (χ4n) is 7.76. The lowest BCUT2D eigenvalue weighted by Gasteiger charge is -2.41. The van der Waals surface area contributed by atoms with Crippen LogP contribution < -0.4 is 10.9 Å². The monoisotopic (exact) mass is 828 g/mol. The SMILES string of the molecule is CCc1ncnc(C2=CCCN(C(=O)C3(C)COC3)CC2)[nH]n(CC(=O)Nc2ccc(C(F)(F)F)cc2Cl)c(=O)c1C1(C)CCN(C(=O)C2C(O)=CC=CN2C)CC1. The molecule has 0 spiro atoms. The molecule has 5 heterocycles. The lowest BCUT2D eigenvalue weighted by Crippen LogP contribution is -2.53. The summed E-state index contributed by atoms with van der Waals surface area (Å²) in [5.41, 5.74) is -1.65. The number of benzene rings is 1. The summed E-state index contributed by atoms with van der Waals surface area (Å²) in [5, 5.41) is 15.8. The fourth-order valence-corrected chi connectivity index (χ4v) is 7.98. The molecule has 0 radical (unpaired) electrons. The summed E-state index contributed by atoms with van der Waals surface area (Å²) >= 11 is 6.17. The number of alkyl halides is 3. The number of H-pyrrole nitrogens is 1. The fraction of sp³-hybridized carbons (Fsp3) is 0.500. The van der Waals surface area contributed by atoms with E-state index in [0.717, 1.165) is 16.8 Å². The Balaban J connectivity index is 1.36. The highest BCUT2D eigenvalue weighted by Gasteiger charge is 2.44. The molecule has 14 nitrogen and oxygen atoms in total. The number of ether oxygens (including phenoxy) is 1. The lowest BCUT2D eigenvalue weighted by atomic mass is 9.74. The van der Waals surface area contributed by atoms with Crippen LogP contribution in [0.15, 0.2) is 59.5 Å². The number of halogens is 4. The van der Waals surface area contributed by atoms with Gasteiger partial charge < -0.3 is 29.9 Å². The predicted octanol–water partition coefficient (Wildman–Crippen LogP) is 5.16. The summed E-state index contributed by atoms with van der Waals surface area (Å²) in [6.45, 7) is 7.09. The molecule has 2 saturated heterocycles. The van der Waals surface area contributed by atoms with Gasteiger partial charge in [-0.25, -0.2) is 14.6 Å². The number of aliphatic hydroxyl groups is 1. The molecule has 0 aliphatic carbocycles. The number of carbonyl (C=O) groups excluding carboxylic acids is 3. The number of aromatic nitrogens is 4. The van der Waals surface area contributed by atoms with Crippen molar-refractivity contribution in [1.82, 2.24) is 34.4 Å². The van der Waals surface area contributed by atoms with Crippen molar-refractivity contribution in [1.29, 1.82) is 0 Å². The number of hydrogen-bond acceptors (Lipinski definition) is 9. The maximum absolute atomic E-state index is 15.0. The highest BCUT2D eigenvalue weighted by atomic mass is 35.5. The quantitative estimate of drug-likeness (QED) is 0.326. The van der Waals surface area contributed by atoms with Crippen LogP contribution in [-0.2, 0) is 43.7 Å². The van der Waals surface area contributed by atoms with Crippen LogP contribution in [0.4, 0.5) is 18.9 Å². The maximum Gasteiger partial charge on any atom is 0.416 e. The molecule has 2 aromatic rings. The van der Waals surface area contributed by atoms with Gasteiger partial charge in [0.15, 0.2) is 6.04 Å². The Morgan fingerprint density at radius 1 is 1.09 bits per heavy atom. The van der Waals surface area contributed by atoms with Gasteiger partial charge >= 0.3 is 6.18 Å². The van der Waals surface area contributed by atoms with Gasteiger partial charge in [-0.1, -0.05) is 31.5 Å². The minimum atomic E-state index is -4.65. The number of likely N-dealkylation sites (N-methyl/N-ethyl adjacent to an activating group) is 1. The Morgan fingerprint density at radius 2 is 1.81 bits per heavy atom. The van der Waals surface area contributed by atoms with E-state index in [1.807, 2.05) is 26.8 Å². The van der Waals surface area contributed by atoms with E-state index in [1.165, 1.54) is 12.4 Å². The number of carbonyl (C=O) groups is 3. The number of rotatable bonds is 8. The van der Waals surface area contributed by atoms with Crippen LogP contribution in [0.5, 0.6) is 0 Å². The molecule has 1 aromatic carbocycles. The summed E-state index contributed by atoms with van der Waals surface area (Å²) < 4.78 is 46.4. The van der Waals surface area contributed by atoms with Crippen molar-refractivity contribution in [2.24, 2.45) is 5.41 Å². The third-order valence-corrected chi connectivity index (χ3v) is 11.6. The Hall–Kier alpha value is -5.16. The molecule has 0 saturated carbocycles. The van der Waals surface area contributed by atoms with E-state index in [-0.39, 0.29) is 47.2 Å². The van der Waals surface area contributed by atoms with Crippen molar-refractivity contribution in [3.63, 3.8) is 0 Å². The van der Waals surface area contributed by atoms with E-state index in [9.17, 15) is 37.5 Å². The van der Waals surface area contributed by atoms with Crippen LogP contribution in [0.25, 0.3) is 5.57 Å². The molecular weight excluding hydrogens is 781 g/mol. The molecule has 3 amide bonds. The van der Waals surface area contributed by atoms with Crippen LogP contribution in [0.1, 0.15) is 69.1 Å². The number of aromatic amines is 1. The zero-order chi connectivity index (χ0) is 42.0. The highest BCUT2D eigenvalue weighted by Crippen LogP contribution is 2.36.